The number of rotatable bonds is 8. The van der Waals surface area contributed by atoms with E-state index in [0.29, 0.717) is 0 Å². The van der Waals surface area contributed by atoms with Crippen LogP contribution in [0, 0.1) is 0 Å². The van der Waals surface area contributed by atoms with Crippen LogP contribution in [-0.2, 0) is 15.0 Å². The van der Waals surface area contributed by atoms with Crippen LogP contribution in [-0.4, -0.2) is 29.4 Å². The van der Waals surface area contributed by atoms with Gasteiger partial charge in [0.25, 0.3) is 0 Å². The molecule has 0 aliphatic rings. The molecular formula is C16H24N2O2S. The van der Waals surface area contributed by atoms with Gasteiger partial charge in [-0.2, -0.15) is 0 Å². The first kappa shape index (κ1) is 17.6. The average Bonchev–Trinajstić information content (AvgIpc) is 2.38. The van der Waals surface area contributed by atoms with E-state index >= 15 is 0 Å². The summed E-state index contributed by atoms with van der Waals surface area (Å²) in [5.74, 6) is -0.0141. The van der Waals surface area contributed by atoms with Gasteiger partial charge in [-0.25, -0.2) is 0 Å². The topological polar surface area (TPSA) is 72.2 Å². The van der Waals surface area contributed by atoms with Crippen molar-refractivity contribution in [1.82, 2.24) is 5.32 Å². The molecule has 0 heterocycles. The van der Waals surface area contributed by atoms with Crippen LogP contribution >= 0.6 is 11.8 Å². The lowest BCUT2D eigenvalue weighted by Crippen LogP contribution is -2.38. The maximum atomic E-state index is 11.8. The van der Waals surface area contributed by atoms with Crippen LogP contribution in [0.25, 0.3) is 0 Å². The third kappa shape index (κ3) is 6.67. The van der Waals surface area contributed by atoms with Gasteiger partial charge in [-0.05, 0) is 24.3 Å². The van der Waals surface area contributed by atoms with Crippen LogP contribution in [0.2, 0.25) is 0 Å². The quantitative estimate of drug-likeness (QED) is 0.772. The number of thioether (sulfide) groups is 1. The molecule has 0 saturated heterocycles. The molecular weight excluding hydrogens is 284 g/mol. The van der Waals surface area contributed by atoms with Gasteiger partial charge in [-0.15, -0.1) is 11.8 Å². The SMILES string of the molecule is CC(CC(C)(C)c1ccccc1)NC(=O)CSCC(N)=O. The minimum Gasteiger partial charge on any atom is -0.369 e. The van der Waals surface area contributed by atoms with Gasteiger partial charge in [0.1, 0.15) is 0 Å². The van der Waals surface area contributed by atoms with Crippen LogP contribution in [0.15, 0.2) is 30.3 Å². The molecule has 0 radical (unpaired) electrons. The summed E-state index contributed by atoms with van der Waals surface area (Å²) in [5, 5.41) is 2.97. The molecule has 2 amide bonds. The normalized spacial score (nSPS) is 12.7. The highest BCUT2D eigenvalue weighted by Crippen LogP contribution is 2.28. The second kappa shape index (κ2) is 8.08. The van der Waals surface area contributed by atoms with E-state index in [9.17, 15) is 9.59 Å². The predicted octanol–water partition coefficient (Wildman–Crippen LogP) is 2.08. The van der Waals surface area contributed by atoms with Crippen molar-refractivity contribution in [2.45, 2.75) is 38.6 Å². The molecule has 0 fully saturated rings. The number of primary amides is 1. The van der Waals surface area contributed by atoms with E-state index < -0.39 is 5.91 Å². The first-order valence-electron chi connectivity index (χ1n) is 7.02. The first-order valence-corrected chi connectivity index (χ1v) is 8.17. The maximum Gasteiger partial charge on any atom is 0.230 e. The Bertz CT molecular complexity index is 474. The third-order valence-corrected chi connectivity index (χ3v) is 4.21. The maximum absolute atomic E-state index is 11.8. The summed E-state index contributed by atoms with van der Waals surface area (Å²) in [6.07, 6.45) is 0.850. The summed E-state index contributed by atoms with van der Waals surface area (Å²) in [4.78, 5) is 22.4. The molecule has 1 unspecified atom stereocenters. The Kier molecular flexibility index (Phi) is 6.75. The molecule has 0 saturated carbocycles. The molecule has 0 aliphatic heterocycles. The fraction of sp³-hybridized carbons (Fsp3) is 0.500. The Hall–Kier alpha value is -1.49. The van der Waals surface area contributed by atoms with Gasteiger partial charge >= 0.3 is 0 Å². The Balaban J connectivity index is 2.44. The predicted molar refractivity (Wildman–Crippen MR) is 88.2 cm³/mol. The summed E-state index contributed by atoms with van der Waals surface area (Å²) in [6, 6.07) is 10.3. The van der Waals surface area contributed by atoms with Crippen LogP contribution in [0.1, 0.15) is 32.8 Å². The number of carbonyl (C=O) groups is 2. The van der Waals surface area contributed by atoms with Gasteiger partial charge in [0.15, 0.2) is 0 Å². The summed E-state index contributed by atoms with van der Waals surface area (Å²) in [6.45, 7) is 6.35. The van der Waals surface area contributed by atoms with Crippen molar-refractivity contribution in [3.05, 3.63) is 35.9 Å². The standard InChI is InChI=1S/C16H24N2O2S/c1-12(18-15(20)11-21-10-14(17)19)9-16(2,3)13-7-5-4-6-8-13/h4-8,12H,9-11H2,1-3H3,(H2,17,19)(H,18,20). The fourth-order valence-electron chi connectivity index (χ4n) is 2.38. The largest absolute Gasteiger partial charge is 0.369 e. The molecule has 4 nitrogen and oxygen atoms in total. The Morgan fingerprint density at radius 2 is 1.86 bits per heavy atom. The third-order valence-electron chi connectivity index (χ3n) is 3.26. The Labute approximate surface area is 130 Å². The highest BCUT2D eigenvalue weighted by Gasteiger charge is 2.23. The number of nitrogens with two attached hydrogens (primary N) is 1. The van der Waals surface area contributed by atoms with E-state index in [1.54, 1.807) is 0 Å². The molecule has 3 N–H and O–H groups in total. The highest BCUT2D eigenvalue weighted by atomic mass is 32.2. The zero-order chi connectivity index (χ0) is 15.9. The molecule has 21 heavy (non-hydrogen) atoms. The van der Waals surface area contributed by atoms with Crippen LogP contribution in [0.5, 0.6) is 0 Å². The fourth-order valence-corrected chi connectivity index (χ4v) is 2.96. The number of amides is 2. The second-order valence-corrected chi connectivity index (χ2v) is 6.87. The van der Waals surface area contributed by atoms with Crippen LogP contribution in [0.4, 0.5) is 0 Å². The molecule has 1 rings (SSSR count). The molecule has 5 heteroatoms. The lowest BCUT2D eigenvalue weighted by Gasteiger charge is -2.29. The number of hydrogen-bond donors (Lipinski definition) is 2. The van der Waals surface area contributed by atoms with E-state index in [-0.39, 0.29) is 28.9 Å². The summed E-state index contributed by atoms with van der Waals surface area (Å²) in [7, 11) is 0. The van der Waals surface area contributed by atoms with Crippen molar-refractivity contribution in [3.63, 3.8) is 0 Å². The van der Waals surface area contributed by atoms with Crippen LogP contribution in [0.3, 0.4) is 0 Å². The summed E-state index contributed by atoms with van der Waals surface area (Å²) >= 11 is 1.24. The van der Waals surface area contributed by atoms with E-state index in [2.05, 4.69) is 31.3 Å². The van der Waals surface area contributed by atoms with Gasteiger partial charge in [0.05, 0.1) is 11.5 Å². The van der Waals surface area contributed by atoms with E-state index in [0.717, 1.165) is 6.42 Å². The number of carbonyl (C=O) groups excluding carboxylic acids is 2. The molecule has 0 bridgehead atoms. The average molecular weight is 308 g/mol. The van der Waals surface area contributed by atoms with Crippen molar-refractivity contribution >= 4 is 23.6 Å². The molecule has 1 aromatic rings. The van der Waals surface area contributed by atoms with E-state index in [1.807, 2.05) is 25.1 Å². The molecule has 0 aliphatic carbocycles. The highest BCUT2D eigenvalue weighted by molar-refractivity contribution is 8.00. The van der Waals surface area contributed by atoms with Gasteiger partial charge in [0.2, 0.25) is 11.8 Å². The number of benzene rings is 1. The van der Waals surface area contributed by atoms with Crippen LogP contribution < -0.4 is 11.1 Å². The Morgan fingerprint density at radius 1 is 1.24 bits per heavy atom. The number of hydrogen-bond acceptors (Lipinski definition) is 3. The minimum atomic E-state index is -0.397. The molecule has 116 valence electrons. The molecule has 0 aromatic heterocycles. The van der Waals surface area contributed by atoms with Crippen molar-refractivity contribution < 1.29 is 9.59 Å². The van der Waals surface area contributed by atoms with Gasteiger partial charge < -0.3 is 11.1 Å². The lowest BCUT2D eigenvalue weighted by molar-refractivity contribution is -0.119. The zero-order valence-electron chi connectivity index (χ0n) is 12.9. The van der Waals surface area contributed by atoms with E-state index in [4.69, 9.17) is 5.73 Å². The van der Waals surface area contributed by atoms with E-state index in [1.165, 1.54) is 17.3 Å². The minimum absolute atomic E-state index is 0.00563. The van der Waals surface area contributed by atoms with Crippen molar-refractivity contribution in [1.29, 1.82) is 0 Å². The monoisotopic (exact) mass is 308 g/mol. The van der Waals surface area contributed by atoms with Gasteiger partial charge in [0, 0.05) is 6.04 Å². The van der Waals surface area contributed by atoms with Crippen molar-refractivity contribution in [3.8, 4) is 0 Å². The summed E-state index contributed by atoms with van der Waals surface area (Å²) < 4.78 is 0. The first-order chi connectivity index (χ1) is 9.81. The summed E-state index contributed by atoms with van der Waals surface area (Å²) in [5.41, 5.74) is 6.29. The lowest BCUT2D eigenvalue weighted by atomic mass is 9.79. The van der Waals surface area contributed by atoms with Crippen molar-refractivity contribution in [2.24, 2.45) is 5.73 Å². The molecule has 1 aromatic carbocycles. The van der Waals surface area contributed by atoms with Gasteiger partial charge in [-0.3, -0.25) is 9.59 Å². The zero-order valence-corrected chi connectivity index (χ0v) is 13.7. The number of nitrogens with one attached hydrogen (secondary N) is 1. The molecule has 0 spiro atoms. The smallest absolute Gasteiger partial charge is 0.230 e. The second-order valence-electron chi connectivity index (χ2n) is 5.88. The van der Waals surface area contributed by atoms with Gasteiger partial charge in [-0.1, -0.05) is 44.2 Å². The Morgan fingerprint density at radius 3 is 2.43 bits per heavy atom. The van der Waals surface area contributed by atoms with Crippen molar-refractivity contribution in [2.75, 3.05) is 11.5 Å². The molecule has 1 atom stereocenters.